The van der Waals surface area contributed by atoms with Gasteiger partial charge in [0.2, 0.25) is 10.0 Å². The Balaban J connectivity index is 1.49. The van der Waals surface area contributed by atoms with Crippen molar-refractivity contribution < 1.29 is 17.6 Å². The average molecular weight is 468 g/mol. The number of nitrogens with one attached hydrogen (secondary N) is 1. The molecule has 0 bridgehead atoms. The van der Waals surface area contributed by atoms with Crippen LogP contribution in [0.25, 0.3) is 0 Å². The molecule has 1 saturated heterocycles. The Kier molecular flexibility index (Phi) is 6.76. The lowest BCUT2D eigenvalue weighted by Crippen LogP contribution is -2.48. The summed E-state index contributed by atoms with van der Waals surface area (Å²) in [7, 11) is -4.08. The molecule has 172 valence electrons. The molecule has 0 spiro atoms. The Labute approximate surface area is 193 Å². The molecule has 1 amide bonds. The molecule has 0 aliphatic carbocycles. The van der Waals surface area contributed by atoms with E-state index in [1.54, 1.807) is 12.1 Å². The SMILES string of the molecule is CCc1ccc(NC(=O)c2ccc(F)c(S(=O)(=O)N3CCN(c4ccccc4)CC3)c2)cc1. The molecule has 3 aromatic rings. The van der Waals surface area contributed by atoms with Crippen LogP contribution in [0.2, 0.25) is 0 Å². The van der Waals surface area contributed by atoms with Crippen molar-refractivity contribution in [1.29, 1.82) is 0 Å². The van der Waals surface area contributed by atoms with E-state index in [9.17, 15) is 17.6 Å². The zero-order valence-corrected chi connectivity index (χ0v) is 19.2. The smallest absolute Gasteiger partial charge is 0.255 e. The number of rotatable bonds is 6. The van der Waals surface area contributed by atoms with Crippen molar-refractivity contribution in [3.05, 3.63) is 89.7 Å². The zero-order valence-electron chi connectivity index (χ0n) is 18.4. The van der Waals surface area contributed by atoms with Gasteiger partial charge in [-0.15, -0.1) is 0 Å². The molecule has 0 unspecified atom stereocenters. The summed E-state index contributed by atoms with van der Waals surface area (Å²) in [4.78, 5) is 14.3. The summed E-state index contributed by atoms with van der Waals surface area (Å²) in [5.74, 6) is -1.37. The lowest BCUT2D eigenvalue weighted by atomic mass is 10.1. The van der Waals surface area contributed by atoms with Crippen LogP contribution in [0.5, 0.6) is 0 Å². The second-order valence-corrected chi connectivity index (χ2v) is 9.78. The van der Waals surface area contributed by atoms with Gasteiger partial charge in [0, 0.05) is 43.1 Å². The number of nitrogens with zero attached hydrogens (tertiary/aromatic N) is 2. The molecule has 6 nitrogen and oxygen atoms in total. The Morgan fingerprint density at radius 2 is 1.61 bits per heavy atom. The van der Waals surface area contributed by atoms with Crippen molar-refractivity contribution in [2.45, 2.75) is 18.2 Å². The maximum absolute atomic E-state index is 14.6. The highest BCUT2D eigenvalue weighted by atomic mass is 32.2. The molecule has 1 aliphatic heterocycles. The van der Waals surface area contributed by atoms with E-state index >= 15 is 0 Å². The normalized spacial score (nSPS) is 14.8. The van der Waals surface area contributed by atoms with E-state index in [-0.39, 0.29) is 18.7 Å². The predicted octanol–water partition coefficient (Wildman–Crippen LogP) is 4.15. The number of aryl methyl sites for hydroxylation is 1. The summed E-state index contributed by atoms with van der Waals surface area (Å²) >= 11 is 0. The number of benzene rings is 3. The first-order valence-corrected chi connectivity index (χ1v) is 12.3. The molecule has 1 N–H and O–H groups in total. The first-order valence-electron chi connectivity index (χ1n) is 10.9. The second-order valence-electron chi connectivity index (χ2n) is 7.88. The van der Waals surface area contributed by atoms with Gasteiger partial charge in [0.05, 0.1) is 0 Å². The van der Waals surface area contributed by atoms with Crippen molar-refractivity contribution in [2.75, 3.05) is 36.4 Å². The van der Waals surface area contributed by atoms with Crippen LogP contribution in [-0.2, 0) is 16.4 Å². The van der Waals surface area contributed by atoms with Crippen LogP contribution >= 0.6 is 0 Å². The van der Waals surface area contributed by atoms with Gasteiger partial charge in [0.25, 0.3) is 5.91 Å². The molecule has 0 aromatic heterocycles. The third-order valence-corrected chi connectivity index (χ3v) is 7.70. The van der Waals surface area contributed by atoms with Gasteiger partial charge < -0.3 is 10.2 Å². The van der Waals surface area contributed by atoms with E-state index in [4.69, 9.17) is 0 Å². The van der Waals surface area contributed by atoms with E-state index in [0.29, 0.717) is 18.8 Å². The number of piperazine rings is 1. The van der Waals surface area contributed by atoms with Gasteiger partial charge >= 0.3 is 0 Å². The van der Waals surface area contributed by atoms with Gasteiger partial charge in [-0.3, -0.25) is 4.79 Å². The molecule has 0 atom stereocenters. The second kappa shape index (κ2) is 9.72. The third kappa shape index (κ3) is 5.07. The molecule has 8 heteroatoms. The maximum Gasteiger partial charge on any atom is 0.255 e. The van der Waals surface area contributed by atoms with Crippen molar-refractivity contribution >= 4 is 27.3 Å². The fraction of sp³-hybridized carbons (Fsp3) is 0.240. The van der Waals surface area contributed by atoms with Gasteiger partial charge in [0.15, 0.2) is 0 Å². The van der Waals surface area contributed by atoms with Crippen molar-refractivity contribution in [1.82, 2.24) is 4.31 Å². The van der Waals surface area contributed by atoms with Gasteiger partial charge in [0.1, 0.15) is 10.7 Å². The molecule has 1 heterocycles. The number of amides is 1. The van der Waals surface area contributed by atoms with E-state index in [0.717, 1.165) is 29.8 Å². The summed E-state index contributed by atoms with van der Waals surface area (Å²) in [6.45, 7) is 3.50. The van der Waals surface area contributed by atoms with Crippen LogP contribution in [-0.4, -0.2) is 44.8 Å². The standard InChI is InChI=1S/C25H26FN3O3S/c1-2-19-8-11-21(12-9-19)27-25(30)20-10-13-23(26)24(18-20)33(31,32)29-16-14-28(15-17-29)22-6-4-3-5-7-22/h3-13,18H,2,14-17H2,1H3,(H,27,30). The Hall–Kier alpha value is -3.23. The van der Waals surface area contributed by atoms with Gasteiger partial charge in [-0.25, -0.2) is 12.8 Å². The van der Waals surface area contributed by atoms with E-state index < -0.39 is 26.6 Å². The fourth-order valence-corrected chi connectivity index (χ4v) is 5.35. The largest absolute Gasteiger partial charge is 0.369 e. The Bertz CT molecular complexity index is 1220. The van der Waals surface area contributed by atoms with Gasteiger partial charge in [-0.2, -0.15) is 4.31 Å². The number of anilines is 2. The number of carbonyl (C=O) groups is 1. The molecule has 33 heavy (non-hydrogen) atoms. The summed E-state index contributed by atoms with van der Waals surface area (Å²) < 4.78 is 42.2. The third-order valence-electron chi connectivity index (χ3n) is 5.79. The summed E-state index contributed by atoms with van der Waals surface area (Å²) in [6.07, 6.45) is 0.882. The number of halogens is 1. The topological polar surface area (TPSA) is 69.7 Å². The van der Waals surface area contributed by atoms with Crippen LogP contribution < -0.4 is 10.2 Å². The molecule has 0 radical (unpaired) electrons. The molecular formula is C25H26FN3O3S. The lowest BCUT2D eigenvalue weighted by molar-refractivity contribution is 0.102. The first kappa shape index (κ1) is 22.9. The fourth-order valence-electron chi connectivity index (χ4n) is 3.83. The lowest BCUT2D eigenvalue weighted by Gasteiger charge is -2.35. The minimum atomic E-state index is -4.08. The summed E-state index contributed by atoms with van der Waals surface area (Å²) in [6, 6.07) is 20.6. The van der Waals surface area contributed by atoms with Crippen LogP contribution in [0.3, 0.4) is 0 Å². The van der Waals surface area contributed by atoms with E-state index in [1.165, 1.54) is 10.4 Å². The van der Waals surface area contributed by atoms with Gasteiger partial charge in [-0.05, 0) is 54.4 Å². The Morgan fingerprint density at radius 1 is 0.939 bits per heavy atom. The monoisotopic (exact) mass is 467 g/mol. The minimum absolute atomic E-state index is 0.0810. The molecule has 3 aromatic carbocycles. The highest BCUT2D eigenvalue weighted by Gasteiger charge is 2.31. The first-order chi connectivity index (χ1) is 15.9. The van der Waals surface area contributed by atoms with Crippen molar-refractivity contribution in [3.63, 3.8) is 0 Å². The predicted molar refractivity (Wildman–Crippen MR) is 128 cm³/mol. The number of carbonyl (C=O) groups excluding carboxylic acids is 1. The average Bonchev–Trinajstić information content (AvgIpc) is 2.85. The highest BCUT2D eigenvalue weighted by molar-refractivity contribution is 7.89. The number of hydrogen-bond acceptors (Lipinski definition) is 4. The number of sulfonamides is 1. The minimum Gasteiger partial charge on any atom is -0.369 e. The highest BCUT2D eigenvalue weighted by Crippen LogP contribution is 2.24. The molecule has 1 aliphatic rings. The van der Waals surface area contributed by atoms with E-state index in [1.807, 2.05) is 49.4 Å². The number of para-hydroxylation sites is 1. The summed E-state index contributed by atoms with van der Waals surface area (Å²) in [5, 5.41) is 2.73. The quantitative estimate of drug-likeness (QED) is 0.591. The Morgan fingerprint density at radius 3 is 2.24 bits per heavy atom. The molecule has 1 fully saturated rings. The van der Waals surface area contributed by atoms with Crippen LogP contribution in [0.15, 0.2) is 77.7 Å². The molecule has 0 saturated carbocycles. The van der Waals surface area contributed by atoms with Crippen LogP contribution in [0.1, 0.15) is 22.8 Å². The van der Waals surface area contributed by atoms with Crippen LogP contribution in [0.4, 0.5) is 15.8 Å². The van der Waals surface area contributed by atoms with Crippen LogP contribution in [0, 0.1) is 5.82 Å². The molecular weight excluding hydrogens is 441 g/mol. The van der Waals surface area contributed by atoms with Gasteiger partial charge in [-0.1, -0.05) is 37.3 Å². The maximum atomic E-state index is 14.6. The zero-order chi connectivity index (χ0) is 23.4. The van der Waals surface area contributed by atoms with Crippen molar-refractivity contribution in [3.8, 4) is 0 Å². The van der Waals surface area contributed by atoms with Crippen molar-refractivity contribution in [2.24, 2.45) is 0 Å². The van der Waals surface area contributed by atoms with E-state index in [2.05, 4.69) is 10.2 Å². The summed E-state index contributed by atoms with van der Waals surface area (Å²) in [5.41, 5.74) is 2.82. The molecule has 4 rings (SSSR count). The number of hydrogen-bond donors (Lipinski definition) is 1.